The van der Waals surface area contributed by atoms with E-state index in [1.54, 1.807) is 4.79 Å². The Balaban J connectivity index is 1.64. The molecule has 0 saturated heterocycles. The van der Waals surface area contributed by atoms with Gasteiger partial charge < -0.3 is 4.90 Å². The summed E-state index contributed by atoms with van der Waals surface area (Å²) in [5, 5.41) is 18.5. The van der Waals surface area contributed by atoms with Gasteiger partial charge in [0, 0.05) is 29.8 Å². The standard InChI is InChI=1S/C28H33N7O3S/c1-20-19-22(34(17-10-15-29)16-8-9-18-39(36,37)38)13-14-23(20)30-24-25(28(2,3)4)32-35-27(24)31-26(33-35)21-11-6-5-7-12-21/h5-7,11-14,19H,8-10,16-18H2,1-4H3,(H,36,37,38). The van der Waals surface area contributed by atoms with Crippen molar-refractivity contribution in [1.29, 1.82) is 5.26 Å². The number of nitrogens with zero attached hydrogens (tertiary/aromatic N) is 7. The minimum atomic E-state index is -3.98. The number of rotatable bonds is 10. The topological polar surface area (TPSA) is 137 Å². The Labute approximate surface area is 229 Å². The SMILES string of the molecule is Cc1cc(N(CCC#N)CCCCS(=O)(=O)O)ccc1N=C1C(C(C)(C)C)=Nn2nc(-c3ccccc3)nc21. The second-order valence-electron chi connectivity index (χ2n) is 10.5. The van der Waals surface area contributed by atoms with E-state index in [2.05, 4.69) is 36.8 Å². The van der Waals surface area contributed by atoms with E-state index in [4.69, 9.17) is 24.9 Å². The number of aliphatic imine (C=N–C) groups is 1. The van der Waals surface area contributed by atoms with E-state index in [9.17, 15) is 8.42 Å². The van der Waals surface area contributed by atoms with E-state index in [1.807, 2.05) is 55.5 Å². The molecule has 1 aliphatic heterocycles. The molecule has 0 bridgehead atoms. The number of hydrogen-bond acceptors (Lipinski definition) is 8. The third-order valence-electron chi connectivity index (χ3n) is 6.32. The highest BCUT2D eigenvalue weighted by Gasteiger charge is 2.35. The molecular weight excluding hydrogens is 514 g/mol. The zero-order chi connectivity index (χ0) is 28.2. The lowest BCUT2D eigenvalue weighted by Gasteiger charge is -2.24. The summed E-state index contributed by atoms with van der Waals surface area (Å²) < 4.78 is 31.1. The molecule has 0 atom stereocenters. The molecule has 1 aliphatic rings. The molecule has 0 radical (unpaired) electrons. The maximum Gasteiger partial charge on any atom is 0.264 e. The maximum absolute atomic E-state index is 11.0. The van der Waals surface area contributed by atoms with Crippen molar-refractivity contribution in [3.8, 4) is 17.5 Å². The van der Waals surface area contributed by atoms with Crippen LogP contribution < -0.4 is 4.90 Å². The van der Waals surface area contributed by atoms with Crippen molar-refractivity contribution in [1.82, 2.24) is 14.9 Å². The zero-order valence-electron chi connectivity index (χ0n) is 22.7. The van der Waals surface area contributed by atoms with Crippen molar-refractivity contribution >= 4 is 32.9 Å². The van der Waals surface area contributed by atoms with Crippen LogP contribution in [0.1, 0.15) is 51.4 Å². The van der Waals surface area contributed by atoms with Crippen LogP contribution in [0.3, 0.4) is 0 Å². The van der Waals surface area contributed by atoms with Crippen LogP contribution in [0.25, 0.3) is 11.4 Å². The van der Waals surface area contributed by atoms with Gasteiger partial charge in [-0.1, -0.05) is 51.1 Å². The molecule has 204 valence electrons. The molecule has 0 spiro atoms. The van der Waals surface area contributed by atoms with Crippen molar-refractivity contribution in [2.45, 2.75) is 47.0 Å². The molecule has 0 amide bonds. The first-order valence-electron chi connectivity index (χ1n) is 12.9. The van der Waals surface area contributed by atoms with Gasteiger partial charge in [0.2, 0.25) is 5.82 Å². The second kappa shape index (κ2) is 11.5. The molecule has 1 aromatic heterocycles. The summed E-state index contributed by atoms with van der Waals surface area (Å²) in [6.07, 6.45) is 1.25. The molecule has 0 saturated carbocycles. The molecule has 0 fully saturated rings. The zero-order valence-corrected chi connectivity index (χ0v) is 23.5. The first kappa shape index (κ1) is 28.1. The van der Waals surface area contributed by atoms with E-state index >= 15 is 0 Å². The largest absolute Gasteiger partial charge is 0.370 e. The first-order chi connectivity index (χ1) is 18.5. The molecule has 11 heteroatoms. The average Bonchev–Trinajstić information content (AvgIpc) is 3.44. The number of benzene rings is 2. The van der Waals surface area contributed by atoms with Gasteiger partial charge in [0.15, 0.2) is 5.82 Å². The van der Waals surface area contributed by atoms with Crippen molar-refractivity contribution < 1.29 is 13.0 Å². The van der Waals surface area contributed by atoms with Gasteiger partial charge in [-0.15, -0.1) is 9.89 Å². The summed E-state index contributed by atoms with van der Waals surface area (Å²) in [6, 6.07) is 17.8. The highest BCUT2D eigenvalue weighted by molar-refractivity contribution is 7.85. The Hall–Kier alpha value is -3.88. The Morgan fingerprint density at radius 1 is 1.10 bits per heavy atom. The quantitative estimate of drug-likeness (QED) is 0.278. The smallest absolute Gasteiger partial charge is 0.264 e. The predicted molar refractivity (Wildman–Crippen MR) is 153 cm³/mol. The molecule has 39 heavy (non-hydrogen) atoms. The lowest BCUT2D eigenvalue weighted by molar-refractivity contribution is 0.480. The lowest BCUT2D eigenvalue weighted by Crippen LogP contribution is -2.27. The highest BCUT2D eigenvalue weighted by Crippen LogP contribution is 2.31. The molecule has 3 aromatic rings. The van der Waals surface area contributed by atoms with E-state index < -0.39 is 10.1 Å². The second-order valence-corrected chi connectivity index (χ2v) is 12.1. The molecule has 2 aromatic carbocycles. The monoisotopic (exact) mass is 547 g/mol. The molecule has 10 nitrogen and oxygen atoms in total. The fourth-order valence-electron chi connectivity index (χ4n) is 4.31. The fourth-order valence-corrected chi connectivity index (χ4v) is 4.88. The molecule has 4 rings (SSSR count). The van der Waals surface area contributed by atoms with Gasteiger partial charge in [-0.3, -0.25) is 4.55 Å². The van der Waals surface area contributed by atoms with Crippen LogP contribution in [-0.2, 0) is 10.1 Å². The van der Waals surface area contributed by atoms with Gasteiger partial charge in [-0.05, 0) is 43.5 Å². The van der Waals surface area contributed by atoms with Gasteiger partial charge in [-0.25, -0.2) is 9.98 Å². The summed E-state index contributed by atoms with van der Waals surface area (Å²) in [5.41, 5.74) is 4.74. The number of aromatic nitrogens is 3. The summed E-state index contributed by atoms with van der Waals surface area (Å²) in [7, 11) is -3.98. The van der Waals surface area contributed by atoms with Gasteiger partial charge in [0.25, 0.3) is 10.1 Å². The van der Waals surface area contributed by atoms with Gasteiger partial charge in [0.05, 0.1) is 29.6 Å². The van der Waals surface area contributed by atoms with E-state index in [0.717, 1.165) is 28.2 Å². The first-order valence-corrected chi connectivity index (χ1v) is 14.5. The predicted octanol–water partition coefficient (Wildman–Crippen LogP) is 5.03. The summed E-state index contributed by atoms with van der Waals surface area (Å²) in [6.45, 7) is 9.30. The summed E-state index contributed by atoms with van der Waals surface area (Å²) in [5.74, 6) is 0.906. The van der Waals surface area contributed by atoms with Gasteiger partial charge >= 0.3 is 0 Å². The number of unbranched alkanes of at least 4 members (excludes halogenated alkanes) is 1. The van der Waals surface area contributed by atoms with Gasteiger partial charge in [0.1, 0.15) is 5.71 Å². The number of nitriles is 1. The molecule has 0 unspecified atom stereocenters. The van der Waals surface area contributed by atoms with E-state index in [-0.39, 0.29) is 11.2 Å². The molecular formula is C28H33N7O3S. The Kier molecular flexibility index (Phi) is 8.28. The van der Waals surface area contributed by atoms with Crippen LogP contribution in [-0.4, -0.2) is 58.1 Å². The number of hydrogen-bond donors (Lipinski definition) is 1. The molecule has 1 N–H and O–H groups in total. The number of aryl methyl sites for hydroxylation is 1. The van der Waals surface area contributed by atoms with Crippen LogP contribution in [0.4, 0.5) is 11.4 Å². The fraction of sp³-hybridized carbons (Fsp3) is 0.393. The number of anilines is 1. The summed E-state index contributed by atoms with van der Waals surface area (Å²) >= 11 is 0. The highest BCUT2D eigenvalue weighted by atomic mass is 32.2. The number of fused-ring (bicyclic) bond motifs is 1. The van der Waals surface area contributed by atoms with Crippen LogP contribution in [0.2, 0.25) is 0 Å². The third-order valence-corrected chi connectivity index (χ3v) is 7.12. The van der Waals surface area contributed by atoms with Gasteiger partial charge in [-0.2, -0.15) is 18.8 Å². The Morgan fingerprint density at radius 2 is 1.85 bits per heavy atom. The van der Waals surface area contributed by atoms with Crippen LogP contribution >= 0.6 is 0 Å². The maximum atomic E-state index is 11.0. The van der Waals surface area contributed by atoms with Crippen LogP contribution in [0.15, 0.2) is 58.6 Å². The third kappa shape index (κ3) is 6.96. The van der Waals surface area contributed by atoms with E-state index in [1.165, 1.54) is 0 Å². The normalized spacial score (nSPS) is 14.3. The van der Waals surface area contributed by atoms with Crippen molar-refractivity contribution in [2.75, 3.05) is 23.7 Å². The Morgan fingerprint density at radius 3 is 2.49 bits per heavy atom. The van der Waals surface area contributed by atoms with Crippen molar-refractivity contribution in [3.05, 3.63) is 59.9 Å². The van der Waals surface area contributed by atoms with Crippen molar-refractivity contribution in [2.24, 2.45) is 15.5 Å². The van der Waals surface area contributed by atoms with Crippen molar-refractivity contribution in [3.63, 3.8) is 0 Å². The van der Waals surface area contributed by atoms with Crippen LogP contribution in [0.5, 0.6) is 0 Å². The van der Waals surface area contributed by atoms with E-state index in [0.29, 0.717) is 49.7 Å². The molecule has 2 heterocycles. The van der Waals surface area contributed by atoms with Crippen LogP contribution in [0, 0.1) is 23.7 Å². The Bertz CT molecular complexity index is 1550. The average molecular weight is 548 g/mol. The summed E-state index contributed by atoms with van der Waals surface area (Å²) in [4.78, 5) is 13.4. The minimum absolute atomic E-state index is 0.275. The lowest BCUT2D eigenvalue weighted by atomic mass is 9.87. The molecule has 0 aliphatic carbocycles. The minimum Gasteiger partial charge on any atom is -0.370 e.